The van der Waals surface area contributed by atoms with Crippen LogP contribution < -0.4 is 10.1 Å². The second kappa shape index (κ2) is 7.65. The topological polar surface area (TPSA) is 24.5 Å². The Kier molecular flexibility index (Phi) is 5.86. The zero-order valence-corrected chi connectivity index (χ0v) is 13.1. The minimum Gasteiger partial charge on any atom is -0.494 e. The van der Waals surface area contributed by atoms with Crippen molar-refractivity contribution in [1.29, 1.82) is 0 Å². The van der Waals surface area contributed by atoms with Crippen LogP contribution in [0.2, 0.25) is 0 Å². The molecule has 1 aromatic carbocycles. The van der Waals surface area contributed by atoms with E-state index >= 15 is 0 Å². The van der Waals surface area contributed by atoms with E-state index in [4.69, 9.17) is 4.74 Å². The van der Waals surface area contributed by atoms with Crippen LogP contribution >= 0.6 is 0 Å². The summed E-state index contributed by atoms with van der Waals surface area (Å²) in [6.45, 7) is 11.6. The summed E-state index contributed by atoms with van der Waals surface area (Å²) >= 11 is 0. The van der Waals surface area contributed by atoms with Crippen molar-refractivity contribution in [3.05, 3.63) is 29.3 Å². The van der Waals surface area contributed by atoms with Gasteiger partial charge in [0.25, 0.3) is 0 Å². The van der Waals surface area contributed by atoms with Crippen LogP contribution in [0.25, 0.3) is 0 Å². The molecule has 1 atom stereocenters. The average Bonchev–Trinajstić information content (AvgIpc) is 2.46. The highest BCUT2D eigenvalue weighted by molar-refractivity contribution is 5.39. The fraction of sp³-hybridized carbons (Fsp3) is 0.647. The number of nitrogens with one attached hydrogen (secondary N) is 1. The van der Waals surface area contributed by atoms with E-state index in [1.165, 1.54) is 37.1 Å². The van der Waals surface area contributed by atoms with Crippen molar-refractivity contribution in [3.63, 3.8) is 0 Å². The van der Waals surface area contributed by atoms with E-state index in [0.29, 0.717) is 6.04 Å². The van der Waals surface area contributed by atoms with Crippen LogP contribution in [0.5, 0.6) is 5.75 Å². The molecule has 0 saturated carbocycles. The monoisotopic (exact) mass is 276 g/mol. The van der Waals surface area contributed by atoms with Crippen molar-refractivity contribution >= 4 is 0 Å². The van der Waals surface area contributed by atoms with Crippen LogP contribution in [-0.2, 0) is 6.54 Å². The summed E-state index contributed by atoms with van der Waals surface area (Å²) in [6.07, 6.45) is 2.42. The number of hydrogen-bond donors (Lipinski definition) is 1. The zero-order valence-electron chi connectivity index (χ0n) is 13.1. The fourth-order valence-corrected chi connectivity index (χ4v) is 3.09. The molecule has 0 aliphatic carbocycles. The van der Waals surface area contributed by atoms with Crippen molar-refractivity contribution in [2.24, 2.45) is 0 Å². The molecule has 0 aromatic heterocycles. The highest BCUT2D eigenvalue weighted by atomic mass is 16.5. The van der Waals surface area contributed by atoms with Crippen molar-refractivity contribution in [2.75, 3.05) is 26.2 Å². The first-order chi connectivity index (χ1) is 9.80. The van der Waals surface area contributed by atoms with Gasteiger partial charge in [0.05, 0.1) is 6.61 Å². The van der Waals surface area contributed by atoms with E-state index in [-0.39, 0.29) is 0 Å². The average molecular weight is 276 g/mol. The Bertz CT molecular complexity index is 413. The lowest BCUT2D eigenvalue weighted by atomic mass is 9.95. The predicted molar refractivity (Wildman–Crippen MR) is 84.2 cm³/mol. The number of benzene rings is 1. The third-order valence-electron chi connectivity index (χ3n) is 3.90. The summed E-state index contributed by atoms with van der Waals surface area (Å²) in [5.41, 5.74) is 2.87. The second-order valence-electron chi connectivity index (χ2n) is 5.48. The van der Waals surface area contributed by atoms with Gasteiger partial charge in [0.1, 0.15) is 5.75 Å². The SMILES string of the molecule is CCCN(CCC)[C@H]1CNCc2cc(OCC)ccc21. The molecule has 0 bridgehead atoms. The number of fused-ring (bicyclic) bond motifs is 1. The molecule has 0 radical (unpaired) electrons. The summed E-state index contributed by atoms with van der Waals surface area (Å²) < 4.78 is 5.62. The molecule has 20 heavy (non-hydrogen) atoms. The Morgan fingerprint density at radius 2 is 1.95 bits per heavy atom. The van der Waals surface area contributed by atoms with Crippen LogP contribution in [0.4, 0.5) is 0 Å². The first-order valence-corrected chi connectivity index (χ1v) is 8.00. The van der Waals surface area contributed by atoms with Crippen molar-refractivity contribution in [2.45, 2.75) is 46.2 Å². The standard InChI is InChI=1S/C17H28N2O/c1-4-9-19(10-5-2)17-13-18-12-14-11-15(20-6-3)7-8-16(14)17/h7-8,11,17-18H,4-6,9-10,12-13H2,1-3H3/t17-/m0/s1. The van der Waals surface area contributed by atoms with Crippen LogP contribution in [-0.4, -0.2) is 31.1 Å². The van der Waals surface area contributed by atoms with Gasteiger partial charge in [-0.2, -0.15) is 0 Å². The van der Waals surface area contributed by atoms with Crippen molar-refractivity contribution in [3.8, 4) is 5.75 Å². The molecular weight excluding hydrogens is 248 g/mol. The summed E-state index contributed by atoms with van der Waals surface area (Å²) in [6, 6.07) is 7.10. The van der Waals surface area contributed by atoms with Gasteiger partial charge in [-0.05, 0) is 56.1 Å². The highest BCUT2D eigenvalue weighted by Crippen LogP contribution is 2.30. The van der Waals surface area contributed by atoms with E-state index in [1.54, 1.807) is 0 Å². The molecule has 0 spiro atoms. The van der Waals surface area contributed by atoms with Crippen LogP contribution in [0, 0.1) is 0 Å². The molecule has 112 valence electrons. The van der Waals surface area contributed by atoms with Gasteiger partial charge in [-0.1, -0.05) is 19.9 Å². The Labute approximate surface area is 123 Å². The number of rotatable bonds is 7. The third-order valence-corrected chi connectivity index (χ3v) is 3.90. The molecule has 1 aliphatic heterocycles. The van der Waals surface area contributed by atoms with Gasteiger partial charge in [0.2, 0.25) is 0 Å². The molecule has 2 rings (SSSR count). The first-order valence-electron chi connectivity index (χ1n) is 8.00. The molecule has 0 amide bonds. The Balaban J connectivity index is 2.22. The Morgan fingerprint density at radius 3 is 2.60 bits per heavy atom. The van der Waals surface area contributed by atoms with Gasteiger partial charge in [0.15, 0.2) is 0 Å². The van der Waals surface area contributed by atoms with Crippen LogP contribution in [0.3, 0.4) is 0 Å². The minimum atomic E-state index is 0.509. The van der Waals surface area contributed by atoms with E-state index in [9.17, 15) is 0 Å². The molecule has 1 aliphatic rings. The number of hydrogen-bond acceptors (Lipinski definition) is 3. The summed E-state index contributed by atoms with van der Waals surface area (Å²) in [5, 5.41) is 3.56. The lowest BCUT2D eigenvalue weighted by molar-refractivity contribution is 0.185. The third kappa shape index (κ3) is 3.53. The van der Waals surface area contributed by atoms with Crippen molar-refractivity contribution in [1.82, 2.24) is 10.2 Å². The smallest absolute Gasteiger partial charge is 0.119 e. The lowest BCUT2D eigenvalue weighted by Crippen LogP contribution is -2.40. The Morgan fingerprint density at radius 1 is 1.20 bits per heavy atom. The number of nitrogens with zero attached hydrogens (tertiary/aromatic N) is 1. The van der Waals surface area contributed by atoms with Gasteiger partial charge >= 0.3 is 0 Å². The number of ether oxygens (including phenoxy) is 1. The zero-order chi connectivity index (χ0) is 14.4. The van der Waals surface area contributed by atoms with Crippen LogP contribution in [0.15, 0.2) is 18.2 Å². The minimum absolute atomic E-state index is 0.509. The maximum atomic E-state index is 5.62. The van der Waals surface area contributed by atoms with E-state index in [1.807, 2.05) is 6.92 Å². The highest BCUT2D eigenvalue weighted by Gasteiger charge is 2.25. The fourth-order valence-electron chi connectivity index (χ4n) is 3.09. The molecule has 1 heterocycles. The molecule has 3 nitrogen and oxygen atoms in total. The van der Waals surface area contributed by atoms with E-state index < -0.39 is 0 Å². The summed E-state index contributed by atoms with van der Waals surface area (Å²) in [7, 11) is 0. The van der Waals surface area contributed by atoms with Crippen molar-refractivity contribution < 1.29 is 4.74 Å². The van der Waals surface area contributed by atoms with Gasteiger partial charge in [-0.25, -0.2) is 0 Å². The van der Waals surface area contributed by atoms with E-state index in [0.717, 1.165) is 25.4 Å². The second-order valence-corrected chi connectivity index (χ2v) is 5.48. The largest absolute Gasteiger partial charge is 0.494 e. The molecule has 0 saturated heterocycles. The molecular formula is C17H28N2O. The van der Waals surface area contributed by atoms with Gasteiger partial charge in [-0.15, -0.1) is 0 Å². The summed E-state index contributed by atoms with van der Waals surface area (Å²) in [4.78, 5) is 2.62. The first kappa shape index (κ1) is 15.3. The molecule has 3 heteroatoms. The van der Waals surface area contributed by atoms with Gasteiger partial charge in [-0.3, -0.25) is 4.90 Å². The lowest BCUT2D eigenvalue weighted by Gasteiger charge is -2.36. The van der Waals surface area contributed by atoms with E-state index in [2.05, 4.69) is 42.3 Å². The molecule has 0 fully saturated rings. The van der Waals surface area contributed by atoms with Gasteiger partial charge in [0, 0.05) is 19.1 Å². The maximum absolute atomic E-state index is 5.62. The predicted octanol–water partition coefficient (Wildman–Crippen LogP) is 3.35. The molecule has 0 unspecified atom stereocenters. The molecule has 1 aromatic rings. The normalized spacial score (nSPS) is 18.1. The Hall–Kier alpha value is -1.06. The van der Waals surface area contributed by atoms with Crippen LogP contribution in [0.1, 0.15) is 50.8 Å². The summed E-state index contributed by atoms with van der Waals surface area (Å²) in [5.74, 6) is 0.992. The molecule has 1 N–H and O–H groups in total. The van der Waals surface area contributed by atoms with Gasteiger partial charge < -0.3 is 10.1 Å². The quantitative estimate of drug-likeness (QED) is 0.826. The maximum Gasteiger partial charge on any atom is 0.119 e.